The molecular formula is C17H18N4O4S3. The first kappa shape index (κ1) is 19.3. The number of aromatic nitrogens is 2. The molecule has 0 radical (unpaired) electrons. The molecule has 0 saturated carbocycles. The molecule has 3 aromatic heterocycles. The predicted molar refractivity (Wildman–Crippen MR) is 107 cm³/mol. The molecule has 28 heavy (non-hydrogen) atoms. The maximum atomic E-state index is 12.7. The van der Waals surface area contributed by atoms with Gasteiger partial charge in [0.25, 0.3) is 15.9 Å². The van der Waals surface area contributed by atoms with Crippen LogP contribution in [0.5, 0.6) is 0 Å². The lowest BCUT2D eigenvalue weighted by atomic mass is 10.3. The lowest BCUT2D eigenvalue weighted by Gasteiger charge is -2.25. The van der Waals surface area contributed by atoms with Gasteiger partial charge in [0.15, 0.2) is 5.69 Å². The van der Waals surface area contributed by atoms with Gasteiger partial charge in [-0.2, -0.15) is 9.40 Å². The van der Waals surface area contributed by atoms with Gasteiger partial charge in [-0.3, -0.25) is 9.89 Å². The topological polar surface area (TPSA) is 104 Å². The number of nitrogens with one attached hydrogen (secondary N) is 2. The number of morpholine rings is 1. The smallest absolute Gasteiger partial charge is 0.272 e. The van der Waals surface area contributed by atoms with Gasteiger partial charge >= 0.3 is 0 Å². The number of amides is 1. The summed E-state index contributed by atoms with van der Waals surface area (Å²) in [6.45, 7) is 1.77. The molecule has 1 aliphatic rings. The van der Waals surface area contributed by atoms with E-state index in [1.165, 1.54) is 4.31 Å². The minimum Gasteiger partial charge on any atom is -0.379 e. The fourth-order valence-electron chi connectivity index (χ4n) is 2.76. The van der Waals surface area contributed by atoms with E-state index in [2.05, 4.69) is 15.5 Å². The van der Waals surface area contributed by atoms with Crippen LogP contribution in [0.3, 0.4) is 0 Å². The minimum atomic E-state index is -3.51. The molecule has 1 fully saturated rings. The van der Waals surface area contributed by atoms with Crippen molar-refractivity contribution < 1.29 is 17.9 Å². The molecular weight excluding hydrogens is 420 g/mol. The van der Waals surface area contributed by atoms with Gasteiger partial charge < -0.3 is 10.1 Å². The molecule has 148 valence electrons. The first-order chi connectivity index (χ1) is 13.5. The van der Waals surface area contributed by atoms with Crippen LogP contribution in [-0.2, 0) is 21.3 Å². The molecule has 1 amide bonds. The summed E-state index contributed by atoms with van der Waals surface area (Å²) >= 11 is 2.72. The van der Waals surface area contributed by atoms with E-state index in [1.54, 1.807) is 29.5 Å². The second-order valence-electron chi connectivity index (χ2n) is 6.06. The Labute approximate surface area is 170 Å². The van der Waals surface area contributed by atoms with Crippen LogP contribution in [0, 0.1) is 0 Å². The van der Waals surface area contributed by atoms with Gasteiger partial charge in [-0.1, -0.05) is 6.07 Å². The van der Waals surface area contributed by atoms with E-state index in [9.17, 15) is 13.2 Å². The van der Waals surface area contributed by atoms with Crippen molar-refractivity contribution >= 4 is 38.6 Å². The molecule has 0 atom stereocenters. The largest absolute Gasteiger partial charge is 0.379 e. The molecule has 8 nitrogen and oxygen atoms in total. The first-order valence-electron chi connectivity index (χ1n) is 8.58. The van der Waals surface area contributed by atoms with Crippen LogP contribution in [-0.4, -0.2) is 55.1 Å². The Morgan fingerprint density at radius 2 is 2.11 bits per heavy atom. The van der Waals surface area contributed by atoms with Crippen molar-refractivity contribution in [3.05, 3.63) is 46.3 Å². The van der Waals surface area contributed by atoms with Gasteiger partial charge in [-0.25, -0.2) is 8.42 Å². The second kappa shape index (κ2) is 8.13. The molecule has 0 aliphatic carbocycles. The highest BCUT2D eigenvalue weighted by Gasteiger charge is 2.27. The van der Waals surface area contributed by atoms with Crippen LogP contribution in [0.25, 0.3) is 10.6 Å². The van der Waals surface area contributed by atoms with E-state index in [-0.39, 0.29) is 16.7 Å². The first-order valence-corrected chi connectivity index (χ1v) is 11.7. The van der Waals surface area contributed by atoms with E-state index >= 15 is 0 Å². The van der Waals surface area contributed by atoms with E-state index in [4.69, 9.17) is 4.74 Å². The average Bonchev–Trinajstić information content (AvgIpc) is 3.48. The Bertz CT molecular complexity index is 1050. The van der Waals surface area contributed by atoms with Crippen molar-refractivity contribution in [2.75, 3.05) is 26.3 Å². The molecule has 1 aliphatic heterocycles. The molecule has 11 heteroatoms. The number of ether oxygens (including phenoxy) is 1. The molecule has 0 aromatic carbocycles. The summed E-state index contributed by atoms with van der Waals surface area (Å²) in [5.74, 6) is -0.315. The molecule has 0 bridgehead atoms. The number of thiophene rings is 2. The van der Waals surface area contributed by atoms with Gasteiger partial charge in [0.05, 0.1) is 30.3 Å². The summed E-state index contributed by atoms with van der Waals surface area (Å²) in [7, 11) is -3.51. The van der Waals surface area contributed by atoms with E-state index in [0.717, 1.165) is 26.8 Å². The molecule has 3 aromatic rings. The van der Waals surface area contributed by atoms with E-state index in [0.29, 0.717) is 32.0 Å². The van der Waals surface area contributed by atoms with Gasteiger partial charge in [0, 0.05) is 18.0 Å². The summed E-state index contributed by atoms with van der Waals surface area (Å²) in [5.41, 5.74) is 1.08. The number of nitrogens with zero attached hydrogens (tertiary/aromatic N) is 2. The predicted octanol–water partition coefficient (Wildman–Crippen LogP) is 2.15. The Morgan fingerprint density at radius 1 is 1.29 bits per heavy atom. The Balaban J connectivity index is 1.38. The third-order valence-electron chi connectivity index (χ3n) is 4.22. The molecule has 4 heterocycles. The van der Waals surface area contributed by atoms with Crippen molar-refractivity contribution in [2.45, 2.75) is 10.8 Å². The van der Waals surface area contributed by atoms with E-state index in [1.807, 2.05) is 17.5 Å². The zero-order valence-electron chi connectivity index (χ0n) is 14.8. The van der Waals surface area contributed by atoms with Gasteiger partial charge in [-0.05, 0) is 29.6 Å². The standard InChI is InChI=1S/C17H18N4O4S3/c22-17(14-10-13(19-20-14)15-2-1-9-26-15)18-11-12-3-4-16(27-12)28(23,24)21-5-7-25-8-6-21/h1-4,9-10H,5-8,11H2,(H,18,22)(H,19,20). The monoisotopic (exact) mass is 438 g/mol. The maximum Gasteiger partial charge on any atom is 0.272 e. The van der Waals surface area contributed by atoms with Gasteiger partial charge in [-0.15, -0.1) is 22.7 Å². The highest BCUT2D eigenvalue weighted by Crippen LogP contribution is 2.26. The van der Waals surface area contributed by atoms with E-state index < -0.39 is 10.0 Å². The van der Waals surface area contributed by atoms with Crippen LogP contribution in [0.1, 0.15) is 15.4 Å². The lowest BCUT2D eigenvalue weighted by Crippen LogP contribution is -2.40. The Morgan fingerprint density at radius 3 is 2.86 bits per heavy atom. The number of rotatable bonds is 6. The van der Waals surface area contributed by atoms with Gasteiger partial charge in [0.1, 0.15) is 4.21 Å². The van der Waals surface area contributed by atoms with Crippen LogP contribution >= 0.6 is 22.7 Å². The zero-order valence-corrected chi connectivity index (χ0v) is 17.2. The summed E-state index contributed by atoms with van der Waals surface area (Å²) in [6.07, 6.45) is 0. The van der Waals surface area contributed by atoms with Gasteiger partial charge in [0.2, 0.25) is 0 Å². The van der Waals surface area contributed by atoms with Crippen molar-refractivity contribution in [2.24, 2.45) is 0 Å². The second-order valence-corrected chi connectivity index (χ2v) is 10.3. The van der Waals surface area contributed by atoms with Crippen LogP contribution in [0.15, 0.2) is 39.9 Å². The van der Waals surface area contributed by atoms with Crippen LogP contribution < -0.4 is 5.32 Å². The third kappa shape index (κ3) is 4.03. The average molecular weight is 439 g/mol. The molecule has 0 spiro atoms. The van der Waals surface area contributed by atoms with Crippen molar-refractivity contribution in [1.82, 2.24) is 19.8 Å². The Hall–Kier alpha value is -2.05. The number of sulfonamides is 1. The fraction of sp³-hybridized carbons (Fsp3) is 0.294. The van der Waals surface area contributed by atoms with Crippen LogP contribution in [0.4, 0.5) is 0 Å². The summed E-state index contributed by atoms with van der Waals surface area (Å²) in [6, 6.07) is 8.88. The molecule has 1 saturated heterocycles. The SMILES string of the molecule is O=C(NCc1ccc(S(=O)(=O)N2CCOCC2)s1)c1cc(-c2cccs2)[nH]n1. The summed E-state index contributed by atoms with van der Waals surface area (Å²) < 4.78 is 32.2. The highest BCUT2D eigenvalue weighted by molar-refractivity contribution is 7.91. The molecule has 4 rings (SSSR count). The maximum absolute atomic E-state index is 12.7. The van der Waals surface area contributed by atoms with Crippen molar-refractivity contribution in [3.8, 4) is 10.6 Å². The number of hydrogen-bond donors (Lipinski definition) is 2. The van der Waals surface area contributed by atoms with Crippen molar-refractivity contribution in [3.63, 3.8) is 0 Å². The number of aromatic amines is 1. The normalized spacial score (nSPS) is 15.6. The minimum absolute atomic E-state index is 0.239. The lowest BCUT2D eigenvalue weighted by molar-refractivity contribution is 0.0731. The summed E-state index contributed by atoms with van der Waals surface area (Å²) in [4.78, 5) is 14.1. The fourth-order valence-corrected chi connectivity index (χ4v) is 6.31. The highest BCUT2D eigenvalue weighted by atomic mass is 32.2. The molecule has 0 unspecified atom stereocenters. The Kier molecular flexibility index (Phi) is 5.60. The van der Waals surface area contributed by atoms with Crippen LogP contribution in [0.2, 0.25) is 0 Å². The number of carbonyl (C=O) groups excluding carboxylic acids is 1. The zero-order chi connectivity index (χ0) is 19.6. The number of hydrogen-bond acceptors (Lipinski definition) is 7. The quantitative estimate of drug-likeness (QED) is 0.614. The molecule has 2 N–H and O–H groups in total. The van der Waals surface area contributed by atoms with Crippen molar-refractivity contribution in [1.29, 1.82) is 0 Å². The number of carbonyl (C=O) groups is 1. The third-order valence-corrected chi connectivity index (χ3v) is 8.58. The summed E-state index contributed by atoms with van der Waals surface area (Å²) in [5, 5.41) is 11.6. The number of H-pyrrole nitrogens is 1.